The summed E-state index contributed by atoms with van der Waals surface area (Å²) in [5.41, 5.74) is 1.70. The Kier molecular flexibility index (Phi) is 3.25. The van der Waals surface area contributed by atoms with Crippen molar-refractivity contribution in [1.82, 2.24) is 15.1 Å². The molecule has 2 heterocycles. The van der Waals surface area contributed by atoms with Crippen LogP contribution in [0, 0.1) is 0 Å². The average Bonchev–Trinajstić information content (AvgIpc) is 2.89. The van der Waals surface area contributed by atoms with Crippen LogP contribution in [0.25, 0.3) is 0 Å². The maximum absolute atomic E-state index is 13.0. The minimum atomic E-state index is -4.27. The zero-order valence-corrected chi connectivity index (χ0v) is 10.7. The summed E-state index contributed by atoms with van der Waals surface area (Å²) in [5, 5.41) is 6.75. The van der Waals surface area contributed by atoms with Gasteiger partial charge in [0.2, 0.25) is 0 Å². The highest BCUT2D eigenvalue weighted by atomic mass is 19.4. The van der Waals surface area contributed by atoms with Gasteiger partial charge in [-0.15, -0.1) is 0 Å². The van der Waals surface area contributed by atoms with E-state index in [0.717, 1.165) is 11.3 Å². The number of rotatable bonds is 2. The van der Waals surface area contributed by atoms with E-state index in [2.05, 4.69) is 15.1 Å². The molecular formula is C14H14F3N3. The standard InChI is InChI=1S/C14H14F3N3/c15-14(16,17)13-3-1-2-10-8-20(7-5-12(10)13)9-11-4-6-18-19-11/h1-4,6H,5,7-9H2,(H,18,19). The van der Waals surface area contributed by atoms with Crippen LogP contribution in [0.15, 0.2) is 30.5 Å². The lowest BCUT2D eigenvalue weighted by Gasteiger charge is -2.30. The van der Waals surface area contributed by atoms with Gasteiger partial charge in [-0.25, -0.2) is 0 Å². The monoisotopic (exact) mass is 281 g/mol. The van der Waals surface area contributed by atoms with Crippen molar-refractivity contribution in [2.45, 2.75) is 25.7 Å². The summed E-state index contributed by atoms with van der Waals surface area (Å²) in [7, 11) is 0. The van der Waals surface area contributed by atoms with E-state index in [9.17, 15) is 13.2 Å². The molecule has 1 aromatic heterocycles. The van der Waals surface area contributed by atoms with Gasteiger partial charge in [0.25, 0.3) is 0 Å². The molecule has 0 unspecified atom stereocenters. The van der Waals surface area contributed by atoms with E-state index in [4.69, 9.17) is 0 Å². The Balaban J connectivity index is 1.82. The third-order valence-electron chi connectivity index (χ3n) is 3.60. The van der Waals surface area contributed by atoms with Gasteiger partial charge in [0, 0.05) is 31.5 Å². The smallest absolute Gasteiger partial charge is 0.293 e. The zero-order valence-electron chi connectivity index (χ0n) is 10.7. The summed E-state index contributed by atoms with van der Waals surface area (Å²) in [6.07, 6.45) is -2.16. The van der Waals surface area contributed by atoms with Gasteiger partial charge in [0.1, 0.15) is 0 Å². The first-order valence-corrected chi connectivity index (χ1v) is 6.42. The van der Waals surface area contributed by atoms with E-state index in [1.54, 1.807) is 12.3 Å². The van der Waals surface area contributed by atoms with Gasteiger partial charge in [-0.1, -0.05) is 12.1 Å². The summed E-state index contributed by atoms with van der Waals surface area (Å²) in [6.45, 7) is 1.84. The van der Waals surface area contributed by atoms with Crippen LogP contribution in [0.1, 0.15) is 22.4 Å². The van der Waals surface area contributed by atoms with E-state index < -0.39 is 11.7 Å². The van der Waals surface area contributed by atoms with Gasteiger partial charge in [-0.2, -0.15) is 18.3 Å². The number of halogens is 3. The summed E-state index contributed by atoms with van der Waals surface area (Å²) in [6, 6.07) is 6.32. The first kappa shape index (κ1) is 13.2. The van der Waals surface area contributed by atoms with Gasteiger partial charge >= 0.3 is 6.18 Å². The number of hydrogen-bond acceptors (Lipinski definition) is 2. The van der Waals surface area contributed by atoms with Crippen molar-refractivity contribution in [1.29, 1.82) is 0 Å². The predicted molar refractivity (Wildman–Crippen MR) is 67.8 cm³/mol. The normalized spacial score (nSPS) is 16.1. The molecule has 1 aliphatic rings. The third-order valence-corrected chi connectivity index (χ3v) is 3.60. The van der Waals surface area contributed by atoms with E-state index in [1.807, 2.05) is 6.07 Å². The Morgan fingerprint density at radius 2 is 2.10 bits per heavy atom. The maximum atomic E-state index is 13.0. The number of fused-ring (bicyclic) bond motifs is 1. The van der Waals surface area contributed by atoms with Gasteiger partial charge in [0.05, 0.1) is 5.56 Å². The minimum Gasteiger partial charge on any atom is -0.293 e. The summed E-state index contributed by atoms with van der Waals surface area (Å²) >= 11 is 0. The molecule has 3 nitrogen and oxygen atoms in total. The van der Waals surface area contributed by atoms with Gasteiger partial charge in [0.15, 0.2) is 0 Å². The minimum absolute atomic E-state index is 0.430. The number of nitrogens with zero attached hydrogens (tertiary/aromatic N) is 2. The van der Waals surface area contributed by atoms with Crippen LogP contribution in [0.5, 0.6) is 0 Å². The van der Waals surface area contributed by atoms with Crippen molar-refractivity contribution in [2.75, 3.05) is 6.54 Å². The predicted octanol–water partition coefficient (Wildman–Crippen LogP) is 2.99. The summed E-state index contributed by atoms with van der Waals surface area (Å²) in [5.74, 6) is 0. The Morgan fingerprint density at radius 1 is 1.25 bits per heavy atom. The molecule has 0 amide bonds. The first-order chi connectivity index (χ1) is 9.54. The highest BCUT2D eigenvalue weighted by Crippen LogP contribution is 2.35. The van der Waals surface area contributed by atoms with Gasteiger partial charge < -0.3 is 0 Å². The van der Waals surface area contributed by atoms with E-state index >= 15 is 0 Å². The Labute approximate surface area is 114 Å². The second-order valence-electron chi connectivity index (χ2n) is 4.98. The number of benzene rings is 1. The van der Waals surface area contributed by atoms with E-state index in [1.165, 1.54) is 12.1 Å². The SMILES string of the molecule is FC(F)(F)c1cccc2c1CCN(Cc1ccn[nH]1)C2. The number of hydrogen-bond donors (Lipinski definition) is 1. The molecule has 1 aromatic carbocycles. The molecule has 0 saturated carbocycles. The topological polar surface area (TPSA) is 31.9 Å². The molecule has 0 atom stereocenters. The summed E-state index contributed by atoms with van der Waals surface area (Å²) < 4.78 is 38.9. The Morgan fingerprint density at radius 3 is 2.80 bits per heavy atom. The van der Waals surface area contributed by atoms with Crippen LogP contribution in [-0.2, 0) is 25.7 Å². The van der Waals surface area contributed by atoms with Crippen molar-refractivity contribution >= 4 is 0 Å². The molecule has 0 bridgehead atoms. The Hall–Kier alpha value is -1.82. The Bertz CT molecular complexity index is 590. The molecule has 0 spiro atoms. The molecule has 0 saturated heterocycles. The lowest BCUT2D eigenvalue weighted by atomic mass is 9.94. The molecule has 106 valence electrons. The highest BCUT2D eigenvalue weighted by Gasteiger charge is 2.35. The van der Waals surface area contributed by atoms with E-state index in [0.29, 0.717) is 31.6 Å². The maximum Gasteiger partial charge on any atom is 0.416 e. The summed E-state index contributed by atoms with van der Waals surface area (Å²) in [4.78, 5) is 2.12. The lowest BCUT2D eigenvalue weighted by Crippen LogP contribution is -2.31. The number of H-pyrrole nitrogens is 1. The number of aromatic amines is 1. The average molecular weight is 281 g/mol. The number of nitrogens with one attached hydrogen (secondary N) is 1. The van der Waals surface area contributed by atoms with Crippen molar-refractivity contribution < 1.29 is 13.2 Å². The quantitative estimate of drug-likeness (QED) is 0.917. The molecule has 2 aromatic rings. The van der Waals surface area contributed by atoms with Crippen molar-refractivity contribution in [3.8, 4) is 0 Å². The molecule has 6 heteroatoms. The zero-order chi connectivity index (χ0) is 14.2. The van der Waals surface area contributed by atoms with Crippen LogP contribution in [0.2, 0.25) is 0 Å². The second-order valence-corrected chi connectivity index (χ2v) is 4.98. The number of alkyl halides is 3. The van der Waals surface area contributed by atoms with Gasteiger partial charge in [-0.05, 0) is 29.7 Å². The van der Waals surface area contributed by atoms with Crippen LogP contribution in [0.3, 0.4) is 0 Å². The molecule has 0 fully saturated rings. The highest BCUT2D eigenvalue weighted by molar-refractivity contribution is 5.38. The van der Waals surface area contributed by atoms with Crippen LogP contribution < -0.4 is 0 Å². The molecule has 3 rings (SSSR count). The van der Waals surface area contributed by atoms with Crippen molar-refractivity contribution in [3.05, 3.63) is 52.8 Å². The number of aromatic nitrogens is 2. The van der Waals surface area contributed by atoms with Crippen LogP contribution >= 0.6 is 0 Å². The van der Waals surface area contributed by atoms with Crippen molar-refractivity contribution in [2.24, 2.45) is 0 Å². The lowest BCUT2D eigenvalue weighted by molar-refractivity contribution is -0.138. The van der Waals surface area contributed by atoms with Crippen LogP contribution in [-0.4, -0.2) is 21.6 Å². The molecule has 1 aliphatic heterocycles. The molecule has 0 radical (unpaired) electrons. The van der Waals surface area contributed by atoms with Crippen molar-refractivity contribution in [3.63, 3.8) is 0 Å². The second kappa shape index (κ2) is 4.94. The molecule has 0 aliphatic carbocycles. The fourth-order valence-electron chi connectivity index (χ4n) is 2.68. The fraction of sp³-hybridized carbons (Fsp3) is 0.357. The largest absolute Gasteiger partial charge is 0.416 e. The first-order valence-electron chi connectivity index (χ1n) is 6.42. The molecular weight excluding hydrogens is 267 g/mol. The van der Waals surface area contributed by atoms with Crippen LogP contribution in [0.4, 0.5) is 13.2 Å². The van der Waals surface area contributed by atoms with E-state index in [-0.39, 0.29) is 0 Å². The third kappa shape index (κ3) is 2.56. The fourth-order valence-corrected chi connectivity index (χ4v) is 2.68. The molecule has 1 N–H and O–H groups in total. The van der Waals surface area contributed by atoms with Gasteiger partial charge in [-0.3, -0.25) is 10.00 Å². The molecule has 20 heavy (non-hydrogen) atoms.